The van der Waals surface area contributed by atoms with Crippen LogP contribution >= 0.6 is 0 Å². The number of carbonyl (C=O) groups excluding carboxylic acids is 1. The van der Waals surface area contributed by atoms with Gasteiger partial charge in [-0.25, -0.2) is 13.2 Å². The Labute approximate surface area is 185 Å². The summed E-state index contributed by atoms with van der Waals surface area (Å²) < 4.78 is 52.5. The summed E-state index contributed by atoms with van der Waals surface area (Å²) in [6.07, 6.45) is 6.17. The topological polar surface area (TPSA) is 107 Å². The number of hydrogen-bond donors (Lipinski definition) is 1. The van der Waals surface area contributed by atoms with E-state index in [-0.39, 0.29) is 43.1 Å². The molecule has 1 aliphatic heterocycles. The van der Waals surface area contributed by atoms with Crippen LogP contribution < -0.4 is 5.32 Å². The van der Waals surface area contributed by atoms with Gasteiger partial charge in [-0.3, -0.25) is 0 Å². The first-order valence-electron chi connectivity index (χ1n) is 10.6. The van der Waals surface area contributed by atoms with Crippen LogP contribution in [0.1, 0.15) is 37.7 Å². The van der Waals surface area contributed by atoms with Crippen molar-refractivity contribution in [2.24, 2.45) is 0 Å². The zero-order chi connectivity index (χ0) is 22.8. The smallest absolute Gasteiger partial charge is 0.321 e. The molecular weight excluding hydrogens is 440 g/mol. The van der Waals surface area contributed by atoms with Gasteiger partial charge >= 0.3 is 6.03 Å². The van der Waals surface area contributed by atoms with Crippen molar-refractivity contribution in [2.75, 3.05) is 44.8 Å². The van der Waals surface area contributed by atoms with Crippen molar-refractivity contribution in [3.05, 3.63) is 23.8 Å². The van der Waals surface area contributed by atoms with Crippen molar-refractivity contribution in [1.82, 2.24) is 13.5 Å². The van der Waals surface area contributed by atoms with Gasteiger partial charge in [-0.1, -0.05) is 25.3 Å². The molecule has 0 atom stereocenters. The Bertz CT molecular complexity index is 1010. The summed E-state index contributed by atoms with van der Waals surface area (Å²) >= 11 is 0. The minimum absolute atomic E-state index is 0.0465. The van der Waals surface area contributed by atoms with E-state index in [2.05, 4.69) is 5.32 Å². The van der Waals surface area contributed by atoms with E-state index < -0.39 is 20.0 Å². The van der Waals surface area contributed by atoms with E-state index in [4.69, 9.17) is 0 Å². The van der Waals surface area contributed by atoms with Crippen molar-refractivity contribution in [2.45, 2.75) is 50.0 Å². The number of rotatable bonds is 5. The Hall–Kier alpha value is -1.69. The highest BCUT2D eigenvalue weighted by molar-refractivity contribution is 7.90. The average Bonchev–Trinajstić information content (AvgIpc) is 2.74. The lowest BCUT2D eigenvalue weighted by Gasteiger charge is -2.38. The van der Waals surface area contributed by atoms with Crippen molar-refractivity contribution < 1.29 is 21.6 Å². The largest absolute Gasteiger partial charge is 0.322 e. The number of piperazine rings is 1. The minimum Gasteiger partial charge on any atom is -0.322 e. The predicted octanol–water partition coefficient (Wildman–Crippen LogP) is 2.06. The van der Waals surface area contributed by atoms with Gasteiger partial charge in [0.15, 0.2) is 9.84 Å². The van der Waals surface area contributed by atoms with Gasteiger partial charge in [0.05, 0.1) is 4.90 Å². The van der Waals surface area contributed by atoms with E-state index in [0.29, 0.717) is 5.69 Å². The summed E-state index contributed by atoms with van der Waals surface area (Å²) in [7, 11) is -5.29. The monoisotopic (exact) mass is 472 g/mol. The standard InChI is InChI=1S/C20H32N4O5S2/c1-16-9-10-18(30(3,26)27)15-19(16)21-20(25)23-11-13-24(14-12-23)31(28,29)22(2)17-7-5-4-6-8-17/h9-10,15,17H,4-8,11-14H2,1-3H3,(H,21,25). The summed E-state index contributed by atoms with van der Waals surface area (Å²) in [6.45, 7) is 2.79. The number of carbonyl (C=O) groups is 1. The van der Waals surface area contributed by atoms with Gasteiger partial charge in [-0.15, -0.1) is 0 Å². The molecule has 0 aromatic heterocycles. The van der Waals surface area contributed by atoms with Crippen molar-refractivity contribution >= 4 is 31.8 Å². The number of amides is 2. The van der Waals surface area contributed by atoms with Crippen LogP contribution in [0.2, 0.25) is 0 Å². The maximum atomic E-state index is 13.0. The number of sulfone groups is 1. The zero-order valence-electron chi connectivity index (χ0n) is 18.4. The van der Waals surface area contributed by atoms with Crippen LogP contribution in [-0.2, 0) is 20.0 Å². The van der Waals surface area contributed by atoms with Crippen LogP contribution in [0.4, 0.5) is 10.5 Å². The van der Waals surface area contributed by atoms with Crippen molar-refractivity contribution in [3.8, 4) is 0 Å². The van der Waals surface area contributed by atoms with Crippen LogP contribution in [0.3, 0.4) is 0 Å². The summed E-state index contributed by atoms with van der Waals surface area (Å²) in [6, 6.07) is 4.28. The fourth-order valence-corrected chi connectivity index (χ4v) is 6.32. The third-order valence-corrected chi connectivity index (χ3v) is 9.34. The molecule has 11 heteroatoms. The second-order valence-corrected chi connectivity index (χ2v) is 12.4. The molecule has 0 spiro atoms. The number of anilines is 1. The second kappa shape index (κ2) is 9.43. The number of hydrogen-bond acceptors (Lipinski definition) is 5. The number of aryl methyl sites for hydroxylation is 1. The molecule has 2 amide bonds. The van der Waals surface area contributed by atoms with Crippen LogP contribution in [0, 0.1) is 6.92 Å². The zero-order valence-corrected chi connectivity index (χ0v) is 20.0. The molecule has 9 nitrogen and oxygen atoms in total. The summed E-state index contributed by atoms with van der Waals surface area (Å²) in [5.74, 6) is 0. The Kier molecular flexibility index (Phi) is 7.29. The van der Waals surface area contributed by atoms with E-state index in [1.807, 2.05) is 0 Å². The molecule has 1 aliphatic carbocycles. The Morgan fingerprint density at radius 3 is 2.23 bits per heavy atom. The third kappa shape index (κ3) is 5.57. The predicted molar refractivity (Wildman–Crippen MR) is 120 cm³/mol. The van der Waals surface area contributed by atoms with Crippen LogP contribution in [0.25, 0.3) is 0 Å². The first kappa shape index (κ1) is 24.0. The fourth-order valence-electron chi connectivity index (χ4n) is 4.10. The molecular formula is C20H32N4O5S2. The SMILES string of the molecule is Cc1ccc(S(C)(=O)=O)cc1NC(=O)N1CCN(S(=O)(=O)N(C)C2CCCCC2)CC1. The molecule has 1 aromatic carbocycles. The summed E-state index contributed by atoms with van der Waals surface area (Å²) in [4.78, 5) is 14.4. The average molecular weight is 473 g/mol. The molecule has 1 heterocycles. The molecule has 3 rings (SSSR count). The first-order chi connectivity index (χ1) is 14.5. The summed E-state index contributed by atoms with van der Waals surface area (Å²) in [5.41, 5.74) is 1.18. The van der Waals surface area contributed by atoms with Gasteiger partial charge < -0.3 is 10.2 Å². The van der Waals surface area contributed by atoms with Crippen LogP contribution in [0.15, 0.2) is 23.1 Å². The lowest BCUT2D eigenvalue weighted by Crippen LogP contribution is -2.55. The van der Waals surface area contributed by atoms with Crippen molar-refractivity contribution in [1.29, 1.82) is 0 Å². The van der Waals surface area contributed by atoms with E-state index in [9.17, 15) is 21.6 Å². The molecule has 31 heavy (non-hydrogen) atoms. The minimum atomic E-state index is -3.56. The number of benzene rings is 1. The Morgan fingerprint density at radius 2 is 1.65 bits per heavy atom. The Morgan fingerprint density at radius 1 is 1.03 bits per heavy atom. The Balaban J connectivity index is 1.61. The fraction of sp³-hybridized carbons (Fsp3) is 0.650. The normalized spacial score (nSPS) is 19.5. The second-order valence-electron chi connectivity index (χ2n) is 8.38. The molecule has 2 aliphatic rings. The molecule has 0 radical (unpaired) electrons. The van der Waals surface area contributed by atoms with E-state index >= 15 is 0 Å². The lowest BCUT2D eigenvalue weighted by molar-refractivity contribution is 0.178. The lowest BCUT2D eigenvalue weighted by atomic mass is 9.96. The maximum absolute atomic E-state index is 13.0. The quantitative estimate of drug-likeness (QED) is 0.706. The number of nitrogens with one attached hydrogen (secondary N) is 1. The van der Waals surface area contributed by atoms with Gasteiger partial charge in [0.25, 0.3) is 10.2 Å². The molecule has 1 N–H and O–H groups in total. The van der Waals surface area contributed by atoms with Crippen LogP contribution in [-0.4, -0.2) is 81.9 Å². The van der Waals surface area contributed by atoms with Gasteiger partial charge in [0, 0.05) is 51.2 Å². The first-order valence-corrected chi connectivity index (χ1v) is 13.9. The van der Waals surface area contributed by atoms with Gasteiger partial charge in [-0.05, 0) is 37.5 Å². The van der Waals surface area contributed by atoms with Gasteiger partial charge in [-0.2, -0.15) is 17.0 Å². The van der Waals surface area contributed by atoms with E-state index in [1.165, 1.54) is 20.7 Å². The summed E-state index contributed by atoms with van der Waals surface area (Å²) in [5, 5.41) is 2.76. The molecule has 0 unspecified atom stereocenters. The maximum Gasteiger partial charge on any atom is 0.321 e. The number of urea groups is 1. The third-order valence-electron chi connectivity index (χ3n) is 6.18. The van der Waals surface area contributed by atoms with Crippen molar-refractivity contribution in [3.63, 3.8) is 0 Å². The molecule has 0 bridgehead atoms. The molecule has 174 valence electrons. The highest BCUT2D eigenvalue weighted by atomic mass is 32.2. The molecule has 1 saturated carbocycles. The van der Waals surface area contributed by atoms with Gasteiger partial charge in [0.1, 0.15) is 0 Å². The van der Waals surface area contributed by atoms with E-state index in [0.717, 1.165) is 43.9 Å². The van der Waals surface area contributed by atoms with E-state index in [1.54, 1.807) is 24.9 Å². The molecule has 2 fully saturated rings. The number of nitrogens with zero attached hydrogens (tertiary/aromatic N) is 3. The highest BCUT2D eigenvalue weighted by Crippen LogP contribution is 2.25. The van der Waals surface area contributed by atoms with Crippen LogP contribution in [0.5, 0.6) is 0 Å². The van der Waals surface area contributed by atoms with Gasteiger partial charge in [0.2, 0.25) is 0 Å². The molecule has 1 saturated heterocycles. The highest BCUT2D eigenvalue weighted by Gasteiger charge is 2.35. The molecule has 1 aromatic rings.